The van der Waals surface area contributed by atoms with Crippen LogP contribution in [-0.2, 0) is 17.8 Å². The summed E-state index contributed by atoms with van der Waals surface area (Å²) < 4.78 is 5.43. The molecule has 10 heteroatoms. The third-order valence-electron chi connectivity index (χ3n) is 6.41. The van der Waals surface area contributed by atoms with Gasteiger partial charge in [-0.3, -0.25) is 4.90 Å². The summed E-state index contributed by atoms with van der Waals surface area (Å²) in [6.45, 7) is 2.64. The van der Waals surface area contributed by atoms with Crippen molar-refractivity contribution in [2.75, 3.05) is 24.3 Å². The molecule has 0 aliphatic heterocycles. The molecule has 0 spiro atoms. The number of anilines is 2. The van der Waals surface area contributed by atoms with Gasteiger partial charge in [0.2, 0.25) is 11.9 Å². The lowest BCUT2D eigenvalue weighted by molar-refractivity contribution is -0.137. The number of nitrogens with zero attached hydrogens (tertiary/aromatic N) is 5. The van der Waals surface area contributed by atoms with Crippen LogP contribution >= 0.6 is 0 Å². The SMILES string of the molecule is CC(c1ccccc1)N(Cc1ccccc1)c1ncnc(NC(Cc2ccc(OC(O)N(C)C)cc2)C(=O)O)n1. The first-order valence-corrected chi connectivity index (χ1v) is 12.9. The summed E-state index contributed by atoms with van der Waals surface area (Å²) in [6, 6.07) is 26.0. The van der Waals surface area contributed by atoms with E-state index in [0.717, 1.165) is 16.7 Å². The molecule has 0 aliphatic carbocycles. The number of carboxylic acid groups (broad SMARTS) is 1. The molecule has 1 heterocycles. The molecule has 4 aromatic rings. The molecule has 0 fully saturated rings. The van der Waals surface area contributed by atoms with Crippen LogP contribution in [0.5, 0.6) is 5.75 Å². The number of aliphatic hydroxyl groups is 1. The van der Waals surface area contributed by atoms with Crippen molar-refractivity contribution in [3.05, 3.63) is 108 Å². The van der Waals surface area contributed by atoms with Crippen LogP contribution in [0.3, 0.4) is 0 Å². The van der Waals surface area contributed by atoms with Gasteiger partial charge in [-0.2, -0.15) is 4.98 Å². The predicted octanol–water partition coefficient (Wildman–Crippen LogP) is 3.96. The Morgan fingerprint density at radius 2 is 1.57 bits per heavy atom. The van der Waals surface area contributed by atoms with Gasteiger partial charge in [-0.1, -0.05) is 72.8 Å². The van der Waals surface area contributed by atoms with Crippen LogP contribution in [0.4, 0.5) is 11.9 Å². The number of rotatable bonds is 13. The molecule has 0 saturated heterocycles. The van der Waals surface area contributed by atoms with Gasteiger partial charge < -0.3 is 25.2 Å². The lowest BCUT2D eigenvalue weighted by Gasteiger charge is -2.30. The Labute approximate surface area is 233 Å². The van der Waals surface area contributed by atoms with E-state index >= 15 is 0 Å². The number of ether oxygens (including phenoxy) is 1. The molecular weight excluding hydrogens is 508 g/mol. The minimum absolute atomic E-state index is 0.0568. The number of nitrogens with one attached hydrogen (secondary N) is 1. The smallest absolute Gasteiger partial charge is 0.326 e. The number of carboxylic acids is 1. The number of hydrogen-bond acceptors (Lipinski definition) is 9. The second-order valence-electron chi connectivity index (χ2n) is 9.60. The van der Waals surface area contributed by atoms with Gasteiger partial charge in [-0.05, 0) is 49.8 Å². The lowest BCUT2D eigenvalue weighted by atomic mass is 10.1. The molecule has 1 aromatic heterocycles. The van der Waals surface area contributed by atoms with Crippen LogP contribution in [0.1, 0.15) is 29.7 Å². The molecule has 10 nitrogen and oxygen atoms in total. The standard InChI is InChI=1S/C30H34N6O4/c1-21(24-12-8-5-9-13-24)36(19-23-10-6-4-7-11-23)29-32-20-31-28(34-29)33-26(27(37)38)18-22-14-16-25(17-15-22)40-30(39)35(2)3/h4-17,20-21,26,30,39H,18-19H2,1-3H3,(H,37,38)(H,31,32,33,34). The van der Waals surface area contributed by atoms with Crippen LogP contribution in [-0.4, -0.2) is 62.6 Å². The van der Waals surface area contributed by atoms with Crippen molar-refractivity contribution < 1.29 is 19.7 Å². The van der Waals surface area contributed by atoms with Crippen molar-refractivity contribution >= 4 is 17.9 Å². The quantitative estimate of drug-likeness (QED) is 0.214. The monoisotopic (exact) mass is 542 g/mol. The summed E-state index contributed by atoms with van der Waals surface area (Å²) >= 11 is 0. The number of aromatic nitrogens is 3. The van der Waals surface area contributed by atoms with E-state index in [4.69, 9.17) is 4.74 Å². The van der Waals surface area contributed by atoms with Crippen molar-refractivity contribution in [2.24, 2.45) is 0 Å². The van der Waals surface area contributed by atoms with Crippen LogP contribution in [0.25, 0.3) is 0 Å². The molecule has 4 rings (SSSR count). The molecule has 0 saturated carbocycles. The molecular formula is C30H34N6O4. The first-order chi connectivity index (χ1) is 19.3. The van der Waals surface area contributed by atoms with Crippen LogP contribution in [0.2, 0.25) is 0 Å². The fraction of sp³-hybridized carbons (Fsp3) is 0.267. The highest BCUT2D eigenvalue weighted by atomic mass is 16.6. The number of aliphatic hydroxyl groups excluding tert-OH is 1. The second kappa shape index (κ2) is 13.5. The minimum Gasteiger partial charge on any atom is -0.480 e. The van der Waals surface area contributed by atoms with Gasteiger partial charge in [-0.15, -0.1) is 0 Å². The van der Waals surface area contributed by atoms with Crippen LogP contribution in [0.15, 0.2) is 91.3 Å². The zero-order chi connectivity index (χ0) is 28.5. The Kier molecular flexibility index (Phi) is 9.61. The van der Waals surface area contributed by atoms with Gasteiger partial charge in [0.15, 0.2) is 0 Å². The minimum atomic E-state index is -1.08. The zero-order valence-corrected chi connectivity index (χ0v) is 22.8. The Balaban J connectivity index is 1.53. The van der Waals surface area contributed by atoms with Gasteiger partial charge in [-0.25, -0.2) is 14.8 Å². The zero-order valence-electron chi connectivity index (χ0n) is 22.8. The number of aliphatic carboxylic acids is 1. The highest BCUT2D eigenvalue weighted by molar-refractivity contribution is 5.77. The van der Waals surface area contributed by atoms with Crippen molar-refractivity contribution in [3.63, 3.8) is 0 Å². The van der Waals surface area contributed by atoms with Crippen molar-refractivity contribution in [1.82, 2.24) is 19.9 Å². The van der Waals surface area contributed by atoms with E-state index in [1.807, 2.05) is 48.5 Å². The normalized spacial score (nSPS) is 13.3. The fourth-order valence-corrected chi connectivity index (χ4v) is 4.09. The van der Waals surface area contributed by atoms with Gasteiger partial charge in [0, 0.05) is 13.0 Å². The molecule has 40 heavy (non-hydrogen) atoms. The largest absolute Gasteiger partial charge is 0.480 e. The molecule has 0 radical (unpaired) electrons. The molecule has 3 aromatic carbocycles. The summed E-state index contributed by atoms with van der Waals surface area (Å²) in [5, 5.41) is 22.8. The van der Waals surface area contributed by atoms with E-state index in [-0.39, 0.29) is 18.4 Å². The Morgan fingerprint density at radius 3 is 2.20 bits per heavy atom. The van der Waals surface area contributed by atoms with Gasteiger partial charge >= 0.3 is 5.97 Å². The first kappa shape index (κ1) is 28.5. The maximum atomic E-state index is 12.1. The van der Waals surface area contributed by atoms with Gasteiger partial charge in [0.1, 0.15) is 18.1 Å². The average molecular weight is 543 g/mol. The average Bonchev–Trinajstić information content (AvgIpc) is 2.97. The van der Waals surface area contributed by atoms with E-state index in [1.54, 1.807) is 38.4 Å². The third kappa shape index (κ3) is 7.75. The van der Waals surface area contributed by atoms with Crippen LogP contribution < -0.4 is 15.0 Å². The van der Waals surface area contributed by atoms with E-state index in [0.29, 0.717) is 18.2 Å². The molecule has 3 unspecified atom stereocenters. The fourth-order valence-electron chi connectivity index (χ4n) is 4.09. The van der Waals surface area contributed by atoms with E-state index in [2.05, 4.69) is 44.2 Å². The molecule has 0 amide bonds. The summed E-state index contributed by atoms with van der Waals surface area (Å²) in [7, 11) is 3.38. The van der Waals surface area contributed by atoms with E-state index in [1.165, 1.54) is 11.2 Å². The highest BCUT2D eigenvalue weighted by Gasteiger charge is 2.23. The molecule has 0 bridgehead atoms. The number of benzene rings is 3. The number of carbonyl (C=O) groups is 1. The molecule has 0 aliphatic rings. The van der Waals surface area contributed by atoms with E-state index in [9.17, 15) is 15.0 Å². The molecule has 3 N–H and O–H groups in total. The third-order valence-corrected chi connectivity index (χ3v) is 6.41. The Bertz CT molecular complexity index is 1360. The van der Waals surface area contributed by atoms with Crippen molar-refractivity contribution in [2.45, 2.75) is 38.4 Å². The first-order valence-electron chi connectivity index (χ1n) is 12.9. The number of hydrogen-bond donors (Lipinski definition) is 3. The van der Waals surface area contributed by atoms with Gasteiger partial charge in [0.25, 0.3) is 6.41 Å². The van der Waals surface area contributed by atoms with Crippen molar-refractivity contribution in [1.29, 1.82) is 0 Å². The Morgan fingerprint density at radius 1 is 0.925 bits per heavy atom. The van der Waals surface area contributed by atoms with Crippen LogP contribution in [0, 0.1) is 0 Å². The highest BCUT2D eigenvalue weighted by Crippen LogP contribution is 2.27. The molecule has 208 valence electrons. The predicted molar refractivity (Wildman–Crippen MR) is 153 cm³/mol. The van der Waals surface area contributed by atoms with E-state index < -0.39 is 18.4 Å². The summed E-state index contributed by atoms with van der Waals surface area (Å²) in [5.74, 6) is 0.0367. The molecule has 3 atom stereocenters. The maximum absolute atomic E-state index is 12.1. The summed E-state index contributed by atoms with van der Waals surface area (Å²) in [6.07, 6.45) is 0.492. The summed E-state index contributed by atoms with van der Waals surface area (Å²) in [4.78, 5) is 29.0. The lowest BCUT2D eigenvalue weighted by Crippen LogP contribution is -2.33. The summed E-state index contributed by atoms with van der Waals surface area (Å²) in [5.41, 5.74) is 2.96. The van der Waals surface area contributed by atoms with Gasteiger partial charge in [0.05, 0.1) is 6.04 Å². The Hall–Kier alpha value is -4.54. The maximum Gasteiger partial charge on any atom is 0.326 e. The van der Waals surface area contributed by atoms with Crippen molar-refractivity contribution in [3.8, 4) is 5.75 Å². The second-order valence-corrected chi connectivity index (χ2v) is 9.60. The topological polar surface area (TPSA) is 124 Å².